The molecule has 0 bridgehead atoms. The Hall–Kier alpha value is -0.390. The second-order valence-corrected chi connectivity index (χ2v) is 3.57. The lowest BCUT2D eigenvalue weighted by atomic mass is 10.2. The average Bonchev–Trinajstić information content (AvgIpc) is 2.47. The number of rotatable bonds is 4. The van der Waals surface area contributed by atoms with E-state index < -0.39 is 0 Å². The minimum absolute atomic E-state index is 0.0302. The monoisotopic (exact) mass is 233 g/mol. The number of hydrogen-bond acceptors (Lipinski definition) is 3. The molecule has 1 aromatic rings. The molecule has 0 fully saturated rings. The Labute approximate surface area is 79.5 Å². The van der Waals surface area contributed by atoms with Crippen molar-refractivity contribution >= 4 is 15.9 Å². The van der Waals surface area contributed by atoms with E-state index >= 15 is 0 Å². The molecule has 1 aromatic heterocycles. The quantitative estimate of drug-likeness (QED) is 0.790. The van der Waals surface area contributed by atoms with Crippen LogP contribution in [0.3, 0.4) is 0 Å². The molecule has 0 aliphatic heterocycles. The number of nitrogens with zero attached hydrogens (tertiary/aromatic N) is 2. The summed E-state index contributed by atoms with van der Waals surface area (Å²) in [6.07, 6.45) is 4.35. The smallest absolute Gasteiger partial charge is 0.0632 e. The molecule has 1 heterocycles. The molecular formula is C7H12BrN3O. The Morgan fingerprint density at radius 2 is 2.50 bits per heavy atom. The fourth-order valence-corrected chi connectivity index (χ4v) is 1.18. The van der Waals surface area contributed by atoms with Crippen molar-refractivity contribution in [2.75, 3.05) is 6.61 Å². The van der Waals surface area contributed by atoms with Crippen molar-refractivity contribution in [3.63, 3.8) is 0 Å². The summed E-state index contributed by atoms with van der Waals surface area (Å²) in [7, 11) is 0. The van der Waals surface area contributed by atoms with E-state index in [-0.39, 0.29) is 12.6 Å². The molecule has 1 atom stereocenters. The van der Waals surface area contributed by atoms with Crippen LogP contribution in [-0.2, 0) is 6.54 Å². The summed E-state index contributed by atoms with van der Waals surface area (Å²) in [6.45, 7) is 0.774. The lowest BCUT2D eigenvalue weighted by molar-refractivity contribution is 0.255. The zero-order chi connectivity index (χ0) is 8.97. The van der Waals surface area contributed by atoms with Crippen molar-refractivity contribution in [1.29, 1.82) is 0 Å². The summed E-state index contributed by atoms with van der Waals surface area (Å²) in [4.78, 5) is 0. The number of hydrogen-bond donors (Lipinski definition) is 2. The first-order chi connectivity index (χ1) is 5.72. The van der Waals surface area contributed by atoms with Crippen molar-refractivity contribution in [2.24, 2.45) is 5.73 Å². The molecule has 4 nitrogen and oxygen atoms in total. The summed E-state index contributed by atoms with van der Waals surface area (Å²) in [5.74, 6) is 0. The van der Waals surface area contributed by atoms with E-state index in [1.54, 1.807) is 10.9 Å². The van der Waals surface area contributed by atoms with Crippen molar-refractivity contribution in [3.05, 3.63) is 16.9 Å². The predicted molar refractivity (Wildman–Crippen MR) is 49.6 cm³/mol. The molecule has 12 heavy (non-hydrogen) atoms. The second kappa shape index (κ2) is 4.59. The van der Waals surface area contributed by atoms with E-state index in [2.05, 4.69) is 21.0 Å². The van der Waals surface area contributed by atoms with E-state index in [0.29, 0.717) is 0 Å². The molecule has 0 radical (unpaired) electrons. The largest absolute Gasteiger partial charge is 0.395 e. The summed E-state index contributed by atoms with van der Waals surface area (Å²) in [5, 5.41) is 12.7. The number of aliphatic hydroxyl groups is 1. The first kappa shape index (κ1) is 9.70. The van der Waals surface area contributed by atoms with Gasteiger partial charge >= 0.3 is 0 Å². The van der Waals surface area contributed by atoms with Crippen molar-refractivity contribution in [3.8, 4) is 0 Å². The van der Waals surface area contributed by atoms with Gasteiger partial charge in [0.25, 0.3) is 0 Å². The maximum atomic E-state index is 8.65. The van der Waals surface area contributed by atoms with Crippen LogP contribution in [0.2, 0.25) is 0 Å². The molecule has 0 saturated heterocycles. The summed E-state index contributed by atoms with van der Waals surface area (Å²) >= 11 is 3.29. The summed E-state index contributed by atoms with van der Waals surface area (Å²) < 4.78 is 2.75. The summed E-state index contributed by atoms with van der Waals surface area (Å²) in [5.41, 5.74) is 5.52. The SMILES string of the molecule is NC(CO)CCn1cc(Br)cn1. The fourth-order valence-electron chi connectivity index (χ4n) is 0.850. The van der Waals surface area contributed by atoms with Crippen LogP contribution in [0.15, 0.2) is 16.9 Å². The maximum Gasteiger partial charge on any atom is 0.0632 e. The van der Waals surface area contributed by atoms with E-state index in [9.17, 15) is 0 Å². The van der Waals surface area contributed by atoms with Gasteiger partial charge in [0.05, 0.1) is 17.3 Å². The van der Waals surface area contributed by atoms with Crippen LogP contribution >= 0.6 is 15.9 Å². The standard InChI is InChI=1S/C7H12BrN3O/c8-6-3-10-11(4-6)2-1-7(9)5-12/h3-4,7,12H,1-2,5,9H2. The van der Waals surface area contributed by atoms with Gasteiger partial charge in [-0.2, -0.15) is 5.10 Å². The third-order valence-electron chi connectivity index (χ3n) is 1.57. The Morgan fingerprint density at radius 1 is 1.75 bits per heavy atom. The second-order valence-electron chi connectivity index (χ2n) is 2.65. The van der Waals surface area contributed by atoms with Crippen LogP contribution in [0.5, 0.6) is 0 Å². The molecule has 0 spiro atoms. The average molecular weight is 234 g/mol. The van der Waals surface area contributed by atoms with Gasteiger partial charge in [-0.05, 0) is 22.4 Å². The molecule has 0 aliphatic rings. The first-order valence-corrected chi connectivity index (χ1v) is 4.56. The number of aromatic nitrogens is 2. The van der Waals surface area contributed by atoms with E-state index in [0.717, 1.165) is 17.4 Å². The highest BCUT2D eigenvalue weighted by Crippen LogP contribution is 2.06. The Bertz CT molecular complexity index is 238. The van der Waals surface area contributed by atoms with Gasteiger partial charge in [0, 0.05) is 18.8 Å². The minimum Gasteiger partial charge on any atom is -0.395 e. The first-order valence-electron chi connectivity index (χ1n) is 3.77. The van der Waals surface area contributed by atoms with Gasteiger partial charge in [-0.25, -0.2) is 0 Å². The lowest BCUT2D eigenvalue weighted by Gasteiger charge is -2.06. The van der Waals surface area contributed by atoms with Crippen LogP contribution in [-0.4, -0.2) is 27.5 Å². The molecule has 0 saturated carbocycles. The maximum absolute atomic E-state index is 8.65. The van der Waals surface area contributed by atoms with Crippen LogP contribution in [0.4, 0.5) is 0 Å². The zero-order valence-electron chi connectivity index (χ0n) is 6.65. The van der Waals surface area contributed by atoms with E-state index in [1.165, 1.54) is 0 Å². The Balaban J connectivity index is 2.33. The topological polar surface area (TPSA) is 64.1 Å². The lowest BCUT2D eigenvalue weighted by Crippen LogP contribution is -2.25. The Kier molecular flexibility index (Phi) is 3.71. The van der Waals surface area contributed by atoms with E-state index in [1.807, 2.05) is 6.20 Å². The van der Waals surface area contributed by atoms with Crippen LogP contribution in [0, 0.1) is 0 Å². The summed E-state index contributed by atoms with van der Waals surface area (Å²) in [6, 6.07) is -0.145. The number of aliphatic hydroxyl groups excluding tert-OH is 1. The highest BCUT2D eigenvalue weighted by Gasteiger charge is 2.01. The zero-order valence-corrected chi connectivity index (χ0v) is 8.24. The predicted octanol–water partition coefficient (Wildman–Crippen LogP) is 0.355. The van der Waals surface area contributed by atoms with Gasteiger partial charge < -0.3 is 10.8 Å². The van der Waals surface area contributed by atoms with Crippen LogP contribution < -0.4 is 5.73 Å². The highest BCUT2D eigenvalue weighted by molar-refractivity contribution is 9.10. The van der Waals surface area contributed by atoms with Gasteiger partial charge in [0.15, 0.2) is 0 Å². The molecule has 68 valence electrons. The molecule has 5 heteroatoms. The molecule has 0 aromatic carbocycles. The van der Waals surface area contributed by atoms with Crippen molar-refractivity contribution in [1.82, 2.24) is 9.78 Å². The van der Waals surface area contributed by atoms with Crippen molar-refractivity contribution in [2.45, 2.75) is 19.0 Å². The van der Waals surface area contributed by atoms with Gasteiger partial charge in [0.1, 0.15) is 0 Å². The van der Waals surface area contributed by atoms with Crippen molar-refractivity contribution < 1.29 is 5.11 Å². The van der Waals surface area contributed by atoms with Crippen LogP contribution in [0.25, 0.3) is 0 Å². The molecular weight excluding hydrogens is 222 g/mol. The minimum atomic E-state index is -0.145. The number of aryl methyl sites for hydroxylation is 1. The van der Waals surface area contributed by atoms with Gasteiger partial charge in [-0.1, -0.05) is 0 Å². The molecule has 0 aliphatic carbocycles. The van der Waals surface area contributed by atoms with Crippen LogP contribution in [0.1, 0.15) is 6.42 Å². The Morgan fingerprint density at radius 3 is 3.00 bits per heavy atom. The number of halogens is 1. The molecule has 1 rings (SSSR count). The third kappa shape index (κ3) is 2.92. The van der Waals surface area contributed by atoms with Gasteiger partial charge in [-0.15, -0.1) is 0 Å². The molecule has 1 unspecified atom stereocenters. The fraction of sp³-hybridized carbons (Fsp3) is 0.571. The number of nitrogens with two attached hydrogens (primary N) is 1. The molecule has 3 N–H and O–H groups in total. The van der Waals surface area contributed by atoms with Gasteiger partial charge in [0.2, 0.25) is 0 Å². The normalized spacial score (nSPS) is 13.2. The van der Waals surface area contributed by atoms with Gasteiger partial charge in [-0.3, -0.25) is 4.68 Å². The third-order valence-corrected chi connectivity index (χ3v) is 1.97. The molecule has 0 amide bonds. The van der Waals surface area contributed by atoms with E-state index in [4.69, 9.17) is 10.8 Å². The highest BCUT2D eigenvalue weighted by atomic mass is 79.9.